The van der Waals surface area contributed by atoms with Crippen molar-refractivity contribution in [1.82, 2.24) is 31.9 Å². The van der Waals surface area contributed by atoms with Crippen LogP contribution in [0, 0.1) is 0 Å². The molecular formula is C78H130N6O55. The number of nitrogens with one attached hydrogen (secondary N) is 6. The lowest BCUT2D eigenvalue weighted by molar-refractivity contribution is -0.403. The Labute approximate surface area is 788 Å². The standard InChI is InChI=1S/C78H130N6O55/c1-18-41(98)54(111)57(114)74(122-18)120-17-34-64(51(108)35(68(118)123-34)79-19(2)92)134-72-39(83-23(6)96)52(109)62(30(13-90)128-72)136-76-60(117)65(137-78-67(139-71-38(82-22(5)95)50(107)44(101)27(10-87)126-71)59(116)63(31(14-91)130-78)133-70-37(81-21(4)94)49(106)43(100)26(9-86)125-70)47(104)33(131-76)16-121-77-66(56(113)46(103)32(132-77)15-119-69-36(80-20(3)93)48(105)42(99)25(8-85)124-69)138-73-40(84-24(7)97)53(110)61(29(12-89)129-73)135-75-58(115)55(112)45(102)28(11-88)127-75/h18,25-78,85-91,98-118H,8-17H2,1-7H3,(H,79,92)(H,80,93)(H,81,94)(H,82,95)(H,83,96)(H,84,97)/t18-,25+,26+,27+,28+,29+,30+,31+,32+,33+,34+,35+,36+,37+,38+,39+,40+,41+,42+,43+,44+,45-,46+,47+,48+,49+,50+,51+,52+,53+,54+,55-,56-,57-,58+,59-,60-,61+,62+,63+,64+,65-,66-,67-,68?,69+,70-,71-,72-,73-,74+,75-,76-,77-,78+/m0/s1. The molecule has 0 radical (unpaired) electrons. The zero-order valence-corrected chi connectivity index (χ0v) is 75.4. The van der Waals surface area contributed by atoms with Gasteiger partial charge in [0.25, 0.3) is 0 Å². The van der Waals surface area contributed by atoms with Crippen molar-refractivity contribution in [1.29, 1.82) is 0 Å². The largest absolute Gasteiger partial charge is 0.394 e. The van der Waals surface area contributed by atoms with E-state index in [4.69, 9.17) is 99.5 Å². The quantitative estimate of drug-likeness (QED) is 0.0277. The van der Waals surface area contributed by atoms with Crippen LogP contribution >= 0.6 is 0 Å². The zero-order chi connectivity index (χ0) is 102. The van der Waals surface area contributed by atoms with Crippen LogP contribution in [0.25, 0.3) is 0 Å². The maximum atomic E-state index is 13.5. The van der Waals surface area contributed by atoms with Gasteiger partial charge in [0.1, 0.15) is 262 Å². The SMILES string of the molecule is CC(=O)N[C@H]1[C@H](O[C@H]2[C@H](O)[C@@H](NC(C)=O)C(O)O[C@@H]2CO[C@@H]2O[C@@H](C)[C@@H](O)[C@@H](O)[C@@H]2O)O[C@H](CO)[C@@H](O[C@@H]2O[C@H](CO[C@H]3O[C@H](CO[C@@H]4O[C@H](CO)[C@@H](O)[C@H](O)[C@H]4NC(C)=O)[C@@H](O)[C@H](O)[C@@H]3O[C@@H]3O[C@H](CO)[C@@H](O[C@@H]4O[C@H](CO)[C@H](O)[C@H](O)[C@H]4O)[C@H](O)[C@H]3NC(C)=O)[C@@H](O)[C@H](O[C@H]3O[C@H](CO)[C@@H](O[C@@H]4O[C@H](CO)[C@@H](O)[C@H](O)[C@H]4NC(C)=O)[C@H](O)[C@@H]3O[C@@H]3O[C@H](CO)[C@@H](O)[C@H](O)[C@H]3NC(C)=O)[C@@H]2O)[C@@H]1O. The van der Waals surface area contributed by atoms with E-state index in [1.807, 2.05) is 0 Å². The molecule has 0 saturated carbocycles. The van der Waals surface area contributed by atoms with Gasteiger partial charge in [-0.3, -0.25) is 28.8 Å². The zero-order valence-electron chi connectivity index (χ0n) is 75.4. The summed E-state index contributed by atoms with van der Waals surface area (Å²) < 4.78 is 127. The van der Waals surface area contributed by atoms with Crippen molar-refractivity contribution in [2.75, 3.05) is 66.1 Å². The fraction of sp³-hybridized carbons (Fsp3) is 0.923. The molecule has 11 aliphatic rings. The van der Waals surface area contributed by atoms with E-state index in [9.17, 15) is 172 Å². The van der Waals surface area contributed by atoms with Gasteiger partial charge >= 0.3 is 0 Å². The Bertz CT molecular complexity index is 3900. The molecule has 0 aromatic heterocycles. The van der Waals surface area contributed by atoms with E-state index in [1.165, 1.54) is 6.92 Å². The Morgan fingerprint density at radius 3 is 0.885 bits per heavy atom. The van der Waals surface area contributed by atoms with Crippen LogP contribution in [-0.2, 0) is 128 Å². The summed E-state index contributed by atoms with van der Waals surface area (Å²) in [4.78, 5) is 77.6. The molecule has 11 fully saturated rings. The summed E-state index contributed by atoms with van der Waals surface area (Å²) in [6, 6.07) is -11.5. The Kier molecular flexibility index (Phi) is 41.1. The van der Waals surface area contributed by atoms with Gasteiger partial charge in [-0.25, -0.2) is 0 Å². The van der Waals surface area contributed by atoms with Crippen molar-refractivity contribution < 1.29 is 271 Å². The number of aliphatic hydroxyl groups is 28. The van der Waals surface area contributed by atoms with Crippen LogP contribution in [-0.4, -0.2) is 582 Å². The molecule has 0 bridgehead atoms. The van der Waals surface area contributed by atoms with E-state index < -0.39 is 439 Å². The molecule has 1 unspecified atom stereocenters. The van der Waals surface area contributed by atoms with Crippen LogP contribution < -0.4 is 31.9 Å². The van der Waals surface area contributed by atoms with Crippen molar-refractivity contribution in [3.63, 3.8) is 0 Å². The minimum Gasteiger partial charge on any atom is -0.394 e. The molecular weight excluding hydrogens is 1900 g/mol. The Hall–Kier alpha value is -5.14. The van der Waals surface area contributed by atoms with Crippen LogP contribution in [0.1, 0.15) is 48.5 Å². The Morgan fingerprint density at radius 2 is 0.460 bits per heavy atom. The molecule has 139 heavy (non-hydrogen) atoms. The van der Waals surface area contributed by atoms with Crippen LogP contribution in [0.4, 0.5) is 0 Å². The first-order valence-electron chi connectivity index (χ1n) is 44.5. The normalized spacial score (nSPS) is 48.3. The van der Waals surface area contributed by atoms with E-state index in [-0.39, 0.29) is 0 Å². The van der Waals surface area contributed by atoms with Gasteiger partial charge < -0.3 is 274 Å². The van der Waals surface area contributed by atoms with Crippen LogP contribution in [0.5, 0.6) is 0 Å². The van der Waals surface area contributed by atoms with Crippen LogP contribution in [0.2, 0.25) is 0 Å². The average molecular weight is 2030 g/mol. The van der Waals surface area contributed by atoms with Gasteiger partial charge in [-0.15, -0.1) is 0 Å². The van der Waals surface area contributed by atoms with Gasteiger partial charge in [0.05, 0.1) is 72.2 Å². The van der Waals surface area contributed by atoms with Gasteiger partial charge in [-0.05, 0) is 6.92 Å². The van der Waals surface area contributed by atoms with Gasteiger partial charge in [0.2, 0.25) is 35.4 Å². The summed E-state index contributed by atoms with van der Waals surface area (Å²) in [5.41, 5.74) is 0. The van der Waals surface area contributed by atoms with Crippen molar-refractivity contribution in [3.05, 3.63) is 0 Å². The molecule has 61 nitrogen and oxygen atoms in total. The van der Waals surface area contributed by atoms with Gasteiger partial charge in [0, 0.05) is 41.5 Å². The van der Waals surface area contributed by atoms with E-state index in [1.54, 1.807) is 0 Å². The summed E-state index contributed by atoms with van der Waals surface area (Å²) in [5.74, 6) is -5.68. The lowest BCUT2D eigenvalue weighted by Crippen LogP contribution is -2.71. The highest BCUT2D eigenvalue weighted by Crippen LogP contribution is 2.42. The molecule has 55 atom stereocenters. The lowest BCUT2D eigenvalue weighted by Gasteiger charge is -2.52. The maximum Gasteiger partial charge on any atom is 0.217 e. The fourth-order valence-corrected chi connectivity index (χ4v) is 18.0. The highest BCUT2D eigenvalue weighted by Gasteiger charge is 2.63. The number of hydrogen-bond donors (Lipinski definition) is 34. The number of ether oxygens (including phenoxy) is 21. The fourth-order valence-electron chi connectivity index (χ4n) is 18.0. The average Bonchev–Trinajstić information content (AvgIpc) is 0.752. The summed E-state index contributed by atoms with van der Waals surface area (Å²) in [7, 11) is 0. The van der Waals surface area contributed by atoms with E-state index in [0.29, 0.717) is 0 Å². The summed E-state index contributed by atoms with van der Waals surface area (Å²) in [6.45, 7) is -4.55. The first kappa shape index (κ1) is 114. The number of aliphatic hydroxyl groups excluding tert-OH is 28. The topological polar surface area (TPSA) is 935 Å². The number of carbonyl (C=O) groups excluding carboxylic acids is 6. The van der Waals surface area contributed by atoms with E-state index in [0.717, 1.165) is 41.5 Å². The minimum atomic E-state index is -2.76. The first-order valence-corrected chi connectivity index (χ1v) is 44.5. The molecule has 34 N–H and O–H groups in total. The molecule has 802 valence electrons. The lowest BCUT2D eigenvalue weighted by atomic mass is 9.93. The molecule has 0 aromatic rings. The van der Waals surface area contributed by atoms with E-state index in [2.05, 4.69) is 31.9 Å². The van der Waals surface area contributed by atoms with Crippen molar-refractivity contribution in [3.8, 4) is 0 Å². The van der Waals surface area contributed by atoms with E-state index >= 15 is 0 Å². The molecule has 0 aliphatic carbocycles. The van der Waals surface area contributed by atoms with Crippen molar-refractivity contribution >= 4 is 35.4 Å². The molecule has 61 heteroatoms. The van der Waals surface area contributed by atoms with Gasteiger partial charge in [-0.1, -0.05) is 0 Å². The van der Waals surface area contributed by atoms with Crippen molar-refractivity contribution in [2.24, 2.45) is 0 Å². The number of hydrogen-bond acceptors (Lipinski definition) is 55. The van der Waals surface area contributed by atoms with Crippen LogP contribution in [0.3, 0.4) is 0 Å². The second-order valence-electron chi connectivity index (χ2n) is 35.3. The molecule has 0 spiro atoms. The van der Waals surface area contributed by atoms with Gasteiger partial charge in [0.15, 0.2) is 69.2 Å². The third kappa shape index (κ3) is 26.0. The molecule has 0 aromatic carbocycles. The maximum absolute atomic E-state index is 13.5. The molecule has 11 heterocycles. The second kappa shape index (κ2) is 50.0. The summed E-state index contributed by atoms with van der Waals surface area (Å²) in [6.07, 6.45) is -105. The third-order valence-electron chi connectivity index (χ3n) is 25.3. The molecule has 11 aliphatic heterocycles. The molecule has 6 amide bonds. The van der Waals surface area contributed by atoms with Gasteiger partial charge in [-0.2, -0.15) is 0 Å². The smallest absolute Gasteiger partial charge is 0.217 e. The first-order chi connectivity index (χ1) is 65.6. The highest BCUT2D eigenvalue weighted by atomic mass is 16.8. The molecule has 11 saturated heterocycles. The second-order valence-corrected chi connectivity index (χ2v) is 35.3. The monoisotopic (exact) mass is 2030 g/mol. The minimum absolute atomic E-state index is 0.856. The Morgan fingerprint density at radius 1 is 0.201 bits per heavy atom. The third-order valence-corrected chi connectivity index (χ3v) is 25.3. The predicted molar refractivity (Wildman–Crippen MR) is 430 cm³/mol. The number of rotatable bonds is 36. The predicted octanol–water partition coefficient (Wildman–Crippen LogP) is -23.1. The number of amides is 6. The Balaban J connectivity index is 0.997. The summed E-state index contributed by atoms with van der Waals surface area (Å²) >= 11 is 0. The number of carbonyl (C=O) groups is 6. The summed E-state index contributed by atoms with van der Waals surface area (Å²) in [5, 5.41) is 333. The highest BCUT2D eigenvalue weighted by molar-refractivity contribution is 5.75. The van der Waals surface area contributed by atoms with Crippen molar-refractivity contribution in [2.45, 2.75) is 386 Å². The molecule has 11 rings (SSSR count). The van der Waals surface area contributed by atoms with Crippen LogP contribution in [0.15, 0.2) is 0 Å².